The molecule has 28 heavy (non-hydrogen) atoms. The lowest BCUT2D eigenvalue weighted by atomic mass is 10.1. The van der Waals surface area contributed by atoms with Gasteiger partial charge in [-0.15, -0.1) is 0 Å². The van der Waals surface area contributed by atoms with E-state index in [1.165, 1.54) is 11.2 Å². The summed E-state index contributed by atoms with van der Waals surface area (Å²) in [7, 11) is -3.88. The van der Waals surface area contributed by atoms with E-state index in [-0.39, 0.29) is 19.1 Å². The molecule has 1 fully saturated rings. The Balaban J connectivity index is 1.78. The first-order valence-corrected chi connectivity index (χ1v) is 10.8. The number of rotatable bonds is 5. The van der Waals surface area contributed by atoms with Crippen LogP contribution in [0.1, 0.15) is 27.2 Å². The number of sulfonamides is 1. The number of nitrogens with one attached hydrogen (secondary N) is 1. The molecule has 0 saturated carbocycles. The highest BCUT2D eigenvalue weighted by atomic mass is 35.5. The fourth-order valence-electron chi connectivity index (χ4n) is 3.07. The minimum Gasteiger partial charge on any atom is -0.491 e. The SMILES string of the molecule is CC(C)Oc1ccc(NC(=O)C2(C)CCN(c3ccc(Cl)cc3)S2(=O)=O)cc1. The van der Waals surface area contributed by atoms with Gasteiger partial charge in [-0.05, 0) is 75.7 Å². The number of carbonyl (C=O) groups excluding carboxylic acids is 1. The fraction of sp³-hybridized carbons (Fsp3) is 0.350. The zero-order valence-electron chi connectivity index (χ0n) is 16.0. The Morgan fingerprint density at radius 1 is 1.14 bits per heavy atom. The first kappa shape index (κ1) is 20.5. The lowest BCUT2D eigenvalue weighted by Crippen LogP contribution is -2.47. The Labute approximate surface area is 170 Å². The maximum atomic E-state index is 13.1. The van der Waals surface area contributed by atoms with Gasteiger partial charge in [0.25, 0.3) is 0 Å². The second kappa shape index (κ2) is 7.64. The van der Waals surface area contributed by atoms with Crippen molar-refractivity contribution in [3.63, 3.8) is 0 Å². The van der Waals surface area contributed by atoms with E-state index in [4.69, 9.17) is 16.3 Å². The molecule has 2 aromatic carbocycles. The highest BCUT2D eigenvalue weighted by Gasteiger charge is 2.54. The predicted molar refractivity (Wildman–Crippen MR) is 112 cm³/mol. The van der Waals surface area contributed by atoms with Crippen LogP contribution in [-0.4, -0.2) is 31.7 Å². The molecule has 1 unspecified atom stereocenters. The first-order chi connectivity index (χ1) is 13.1. The number of amides is 1. The van der Waals surface area contributed by atoms with Crippen molar-refractivity contribution < 1.29 is 17.9 Å². The van der Waals surface area contributed by atoms with E-state index in [1.807, 2.05) is 13.8 Å². The van der Waals surface area contributed by atoms with Crippen LogP contribution in [-0.2, 0) is 14.8 Å². The topological polar surface area (TPSA) is 75.7 Å². The van der Waals surface area contributed by atoms with Crippen molar-refractivity contribution in [3.8, 4) is 5.75 Å². The molecular weight excluding hydrogens is 400 g/mol. The average molecular weight is 423 g/mol. The van der Waals surface area contributed by atoms with Gasteiger partial charge >= 0.3 is 0 Å². The lowest BCUT2D eigenvalue weighted by Gasteiger charge is -2.25. The quantitative estimate of drug-likeness (QED) is 0.788. The number of anilines is 2. The predicted octanol–water partition coefficient (Wildman–Crippen LogP) is 4.06. The van der Waals surface area contributed by atoms with Gasteiger partial charge in [0.15, 0.2) is 4.75 Å². The van der Waals surface area contributed by atoms with E-state index in [1.54, 1.807) is 48.5 Å². The molecule has 0 radical (unpaired) electrons. The summed E-state index contributed by atoms with van der Waals surface area (Å²) in [6, 6.07) is 13.4. The Morgan fingerprint density at radius 3 is 2.32 bits per heavy atom. The molecule has 0 aliphatic carbocycles. The maximum absolute atomic E-state index is 13.1. The van der Waals surface area contributed by atoms with Crippen molar-refractivity contribution in [1.82, 2.24) is 0 Å². The number of hydrogen-bond donors (Lipinski definition) is 1. The molecule has 0 spiro atoms. The summed E-state index contributed by atoms with van der Waals surface area (Å²) in [5.41, 5.74) is 1.01. The first-order valence-electron chi connectivity index (χ1n) is 8.99. The van der Waals surface area contributed by atoms with Gasteiger partial charge in [-0.2, -0.15) is 0 Å². The van der Waals surface area contributed by atoms with Gasteiger partial charge in [-0.25, -0.2) is 8.42 Å². The number of carbonyl (C=O) groups is 1. The van der Waals surface area contributed by atoms with Crippen LogP contribution in [0.3, 0.4) is 0 Å². The molecule has 1 aliphatic heterocycles. The van der Waals surface area contributed by atoms with Crippen molar-refractivity contribution in [2.75, 3.05) is 16.2 Å². The zero-order valence-corrected chi connectivity index (χ0v) is 17.5. The summed E-state index contributed by atoms with van der Waals surface area (Å²) in [4.78, 5) is 12.9. The van der Waals surface area contributed by atoms with Crippen LogP contribution < -0.4 is 14.4 Å². The zero-order chi connectivity index (χ0) is 20.5. The Kier molecular flexibility index (Phi) is 5.59. The number of hydrogen-bond acceptors (Lipinski definition) is 4. The maximum Gasteiger partial charge on any atom is 0.249 e. The summed E-state index contributed by atoms with van der Waals surface area (Å²) >= 11 is 5.88. The standard InChI is InChI=1S/C20H23ClN2O4S/c1-14(2)27-18-10-6-16(7-11-18)22-19(24)20(3)12-13-23(28(20,25)26)17-8-4-15(21)5-9-17/h4-11,14H,12-13H2,1-3H3,(H,22,24). The normalized spacial score (nSPS) is 21.0. The van der Waals surface area contributed by atoms with E-state index >= 15 is 0 Å². The Morgan fingerprint density at radius 2 is 1.75 bits per heavy atom. The van der Waals surface area contributed by atoms with E-state index in [0.29, 0.717) is 22.1 Å². The number of nitrogens with zero attached hydrogens (tertiary/aromatic N) is 1. The van der Waals surface area contributed by atoms with Crippen LogP contribution in [0.2, 0.25) is 5.02 Å². The minimum atomic E-state index is -3.88. The molecule has 1 N–H and O–H groups in total. The van der Waals surface area contributed by atoms with Gasteiger partial charge in [-0.1, -0.05) is 11.6 Å². The third-order valence-electron chi connectivity index (χ3n) is 4.73. The molecule has 1 heterocycles. The molecule has 1 aliphatic rings. The van der Waals surface area contributed by atoms with Gasteiger partial charge in [0, 0.05) is 17.3 Å². The molecule has 1 amide bonds. The Bertz CT molecular complexity index is 959. The molecule has 2 aromatic rings. The number of ether oxygens (including phenoxy) is 1. The summed E-state index contributed by atoms with van der Waals surface area (Å²) < 4.78 is 31.5. The molecule has 0 bridgehead atoms. The summed E-state index contributed by atoms with van der Waals surface area (Å²) in [6.45, 7) is 5.54. The van der Waals surface area contributed by atoms with E-state index in [2.05, 4.69) is 5.32 Å². The van der Waals surface area contributed by atoms with Gasteiger partial charge < -0.3 is 10.1 Å². The van der Waals surface area contributed by atoms with Crippen LogP contribution >= 0.6 is 11.6 Å². The van der Waals surface area contributed by atoms with Gasteiger partial charge in [0.05, 0.1) is 11.8 Å². The minimum absolute atomic E-state index is 0.0434. The van der Waals surface area contributed by atoms with Crippen molar-refractivity contribution in [3.05, 3.63) is 53.6 Å². The van der Waals surface area contributed by atoms with Crippen molar-refractivity contribution in [2.45, 2.75) is 38.0 Å². The van der Waals surface area contributed by atoms with Crippen molar-refractivity contribution >= 4 is 38.9 Å². The molecule has 3 rings (SSSR count). The molecule has 6 nitrogen and oxygen atoms in total. The summed E-state index contributed by atoms with van der Waals surface area (Å²) in [5, 5.41) is 3.24. The lowest BCUT2D eigenvalue weighted by molar-refractivity contribution is -0.118. The highest BCUT2D eigenvalue weighted by molar-refractivity contribution is 7.95. The van der Waals surface area contributed by atoms with E-state index in [9.17, 15) is 13.2 Å². The number of halogens is 1. The van der Waals surface area contributed by atoms with Crippen molar-refractivity contribution in [2.24, 2.45) is 0 Å². The summed E-state index contributed by atoms with van der Waals surface area (Å²) in [5.74, 6) is 0.128. The fourth-order valence-corrected chi connectivity index (χ4v) is 5.04. The second-order valence-electron chi connectivity index (χ2n) is 7.18. The molecular formula is C20H23ClN2O4S. The van der Waals surface area contributed by atoms with Crippen LogP contribution in [0.5, 0.6) is 5.75 Å². The smallest absolute Gasteiger partial charge is 0.249 e. The molecule has 8 heteroatoms. The van der Waals surface area contributed by atoms with Gasteiger partial charge in [0.1, 0.15) is 5.75 Å². The monoisotopic (exact) mass is 422 g/mol. The second-order valence-corrected chi connectivity index (χ2v) is 9.91. The summed E-state index contributed by atoms with van der Waals surface area (Å²) in [6.07, 6.45) is 0.236. The van der Waals surface area contributed by atoms with Crippen molar-refractivity contribution in [1.29, 1.82) is 0 Å². The van der Waals surface area contributed by atoms with Gasteiger partial charge in [-0.3, -0.25) is 9.10 Å². The van der Waals surface area contributed by atoms with Crippen LogP contribution in [0.15, 0.2) is 48.5 Å². The largest absolute Gasteiger partial charge is 0.491 e. The van der Waals surface area contributed by atoms with Crippen LogP contribution in [0.4, 0.5) is 11.4 Å². The highest BCUT2D eigenvalue weighted by Crippen LogP contribution is 2.37. The molecule has 0 aromatic heterocycles. The van der Waals surface area contributed by atoms with Crippen LogP contribution in [0.25, 0.3) is 0 Å². The molecule has 150 valence electrons. The van der Waals surface area contributed by atoms with E-state index < -0.39 is 20.7 Å². The van der Waals surface area contributed by atoms with Gasteiger partial charge in [0.2, 0.25) is 15.9 Å². The molecule has 1 atom stereocenters. The van der Waals surface area contributed by atoms with E-state index in [0.717, 1.165) is 0 Å². The van der Waals surface area contributed by atoms with Crippen LogP contribution in [0, 0.1) is 0 Å². The third-order valence-corrected chi connectivity index (χ3v) is 7.48. The number of benzene rings is 2. The Hall–Kier alpha value is -2.25. The third kappa shape index (κ3) is 3.82. The molecule has 1 saturated heterocycles. The average Bonchev–Trinajstić information content (AvgIpc) is 2.88.